The first-order valence-electron chi connectivity index (χ1n) is 4.50. The van der Waals surface area contributed by atoms with Crippen LogP contribution in [0.5, 0.6) is 0 Å². The summed E-state index contributed by atoms with van der Waals surface area (Å²) in [6.45, 7) is 6.25. The molecule has 0 aliphatic heterocycles. The van der Waals surface area contributed by atoms with E-state index in [1.165, 1.54) is 28.5 Å². The summed E-state index contributed by atoms with van der Waals surface area (Å²) in [5.41, 5.74) is 10.4. The van der Waals surface area contributed by atoms with E-state index in [2.05, 4.69) is 37.9 Å². The number of halogens is 1. The molecule has 1 aromatic carbocycles. The lowest BCUT2D eigenvalue weighted by Gasteiger charge is -2.06. The van der Waals surface area contributed by atoms with Crippen LogP contribution in [-0.2, 0) is 0 Å². The van der Waals surface area contributed by atoms with Gasteiger partial charge in [-0.2, -0.15) is 0 Å². The molecule has 1 aromatic rings. The van der Waals surface area contributed by atoms with Crippen LogP contribution in [0.2, 0.25) is 0 Å². The second kappa shape index (κ2) is 6.37. The summed E-state index contributed by atoms with van der Waals surface area (Å²) in [6, 6.07) is 4.22. The molecule has 4 heteroatoms. The van der Waals surface area contributed by atoms with E-state index in [-0.39, 0.29) is 24.0 Å². The Kier molecular flexibility index (Phi) is 6.28. The molecular weight excluding hydrogens is 319 g/mol. The van der Waals surface area contributed by atoms with Crippen molar-refractivity contribution in [3.8, 4) is 0 Å². The molecule has 0 amide bonds. The van der Waals surface area contributed by atoms with Gasteiger partial charge in [0.25, 0.3) is 0 Å². The van der Waals surface area contributed by atoms with Crippen molar-refractivity contribution < 1.29 is 0 Å². The molecule has 0 bridgehead atoms. The highest BCUT2D eigenvalue weighted by Gasteiger charge is 2.00. The number of rotatable bonds is 1. The van der Waals surface area contributed by atoms with Crippen molar-refractivity contribution in [2.24, 2.45) is 10.7 Å². The molecule has 0 saturated carbocycles. The van der Waals surface area contributed by atoms with Crippen LogP contribution in [0, 0.1) is 20.8 Å². The molecular formula is C11H17IN2S. The van der Waals surface area contributed by atoms with Gasteiger partial charge in [-0.1, -0.05) is 17.8 Å². The fraction of sp³-hybridized carbons (Fsp3) is 0.364. The molecule has 2 N–H and O–H groups in total. The van der Waals surface area contributed by atoms with Gasteiger partial charge in [0.1, 0.15) is 0 Å². The highest BCUT2D eigenvalue weighted by atomic mass is 127. The Morgan fingerprint density at radius 2 is 1.67 bits per heavy atom. The Hall–Kier alpha value is -0.230. The molecule has 0 unspecified atom stereocenters. The zero-order valence-electron chi connectivity index (χ0n) is 9.50. The smallest absolute Gasteiger partial charge is 0.158 e. The topological polar surface area (TPSA) is 38.4 Å². The van der Waals surface area contributed by atoms with Gasteiger partial charge in [0.05, 0.1) is 5.69 Å². The van der Waals surface area contributed by atoms with Gasteiger partial charge in [0, 0.05) is 0 Å². The molecule has 15 heavy (non-hydrogen) atoms. The number of aliphatic imine (C=N–C) groups is 1. The van der Waals surface area contributed by atoms with E-state index < -0.39 is 0 Å². The second-order valence-electron chi connectivity index (χ2n) is 3.38. The van der Waals surface area contributed by atoms with Crippen LogP contribution < -0.4 is 5.73 Å². The summed E-state index contributed by atoms with van der Waals surface area (Å²) in [5, 5.41) is 0.608. The van der Waals surface area contributed by atoms with E-state index in [9.17, 15) is 0 Å². The molecule has 0 aromatic heterocycles. The summed E-state index contributed by atoms with van der Waals surface area (Å²) in [7, 11) is 0. The van der Waals surface area contributed by atoms with Crippen molar-refractivity contribution in [2.75, 3.05) is 6.26 Å². The van der Waals surface area contributed by atoms with Crippen molar-refractivity contribution >= 4 is 46.6 Å². The van der Waals surface area contributed by atoms with Crippen molar-refractivity contribution in [3.63, 3.8) is 0 Å². The fourth-order valence-electron chi connectivity index (χ4n) is 1.23. The minimum Gasteiger partial charge on any atom is -0.378 e. The van der Waals surface area contributed by atoms with Gasteiger partial charge >= 0.3 is 0 Å². The van der Waals surface area contributed by atoms with E-state index in [0.717, 1.165) is 5.69 Å². The van der Waals surface area contributed by atoms with E-state index in [1.54, 1.807) is 0 Å². The van der Waals surface area contributed by atoms with Gasteiger partial charge in [-0.25, -0.2) is 4.99 Å². The van der Waals surface area contributed by atoms with Gasteiger partial charge in [-0.15, -0.1) is 24.0 Å². The first-order chi connectivity index (χ1) is 6.54. The Bertz CT molecular complexity index is 375. The molecule has 1 rings (SSSR count). The number of nitrogens with zero attached hydrogens (tertiary/aromatic N) is 1. The molecule has 0 spiro atoms. The van der Waals surface area contributed by atoms with Gasteiger partial charge in [-0.05, 0) is 49.8 Å². The molecule has 0 radical (unpaired) electrons. The van der Waals surface area contributed by atoms with E-state index in [0.29, 0.717) is 5.17 Å². The fourth-order valence-corrected chi connectivity index (χ4v) is 1.42. The van der Waals surface area contributed by atoms with Crippen LogP contribution in [0.15, 0.2) is 17.1 Å². The van der Waals surface area contributed by atoms with Crippen molar-refractivity contribution in [2.45, 2.75) is 20.8 Å². The average Bonchev–Trinajstić information content (AvgIpc) is 2.14. The maximum absolute atomic E-state index is 5.67. The Balaban J connectivity index is 0.00000196. The van der Waals surface area contributed by atoms with Crippen LogP contribution >= 0.6 is 35.7 Å². The average molecular weight is 336 g/mol. The lowest BCUT2D eigenvalue weighted by atomic mass is 10.1. The minimum absolute atomic E-state index is 0. The summed E-state index contributed by atoms with van der Waals surface area (Å²) in [5.74, 6) is 0. The zero-order valence-corrected chi connectivity index (χ0v) is 12.6. The monoisotopic (exact) mass is 336 g/mol. The lowest BCUT2D eigenvalue weighted by molar-refractivity contribution is 1.28. The maximum Gasteiger partial charge on any atom is 0.158 e. The van der Waals surface area contributed by atoms with Crippen LogP contribution in [-0.4, -0.2) is 11.4 Å². The Labute approximate surface area is 113 Å². The molecule has 0 saturated heterocycles. The summed E-state index contributed by atoms with van der Waals surface area (Å²) < 4.78 is 0. The summed E-state index contributed by atoms with van der Waals surface area (Å²) >= 11 is 1.47. The van der Waals surface area contributed by atoms with Crippen LogP contribution in [0.4, 0.5) is 5.69 Å². The van der Waals surface area contributed by atoms with Gasteiger partial charge in [0.2, 0.25) is 0 Å². The van der Waals surface area contributed by atoms with Crippen LogP contribution in [0.1, 0.15) is 16.7 Å². The predicted octanol–water partition coefficient (Wildman–Crippen LogP) is 3.54. The van der Waals surface area contributed by atoms with Crippen LogP contribution in [0.25, 0.3) is 0 Å². The van der Waals surface area contributed by atoms with Crippen molar-refractivity contribution in [3.05, 3.63) is 28.8 Å². The molecule has 0 aliphatic rings. The third-order valence-electron chi connectivity index (χ3n) is 2.25. The van der Waals surface area contributed by atoms with Gasteiger partial charge < -0.3 is 5.73 Å². The lowest BCUT2D eigenvalue weighted by Crippen LogP contribution is -2.04. The summed E-state index contributed by atoms with van der Waals surface area (Å²) in [4.78, 5) is 4.34. The Morgan fingerprint density at radius 3 is 2.20 bits per heavy atom. The maximum atomic E-state index is 5.67. The number of hydrogen-bond donors (Lipinski definition) is 1. The molecule has 0 fully saturated rings. The standard InChI is InChI=1S/C11H16N2S.HI/c1-7-5-9(3)10(6-8(7)2)13-11(12)14-4;/h5-6H,1-4H3,(H2,12,13);1H. The molecule has 0 atom stereocenters. The quantitative estimate of drug-likeness (QED) is 0.484. The zero-order chi connectivity index (χ0) is 10.7. The van der Waals surface area contributed by atoms with E-state index in [1.807, 2.05) is 6.26 Å². The Morgan fingerprint density at radius 1 is 1.13 bits per heavy atom. The highest BCUT2D eigenvalue weighted by molar-refractivity contribution is 14.0. The predicted molar refractivity (Wildman–Crippen MR) is 80.9 cm³/mol. The number of hydrogen-bond acceptors (Lipinski definition) is 2. The minimum atomic E-state index is 0. The molecule has 2 nitrogen and oxygen atoms in total. The van der Waals surface area contributed by atoms with Crippen molar-refractivity contribution in [1.29, 1.82) is 0 Å². The third-order valence-corrected chi connectivity index (χ3v) is 2.76. The van der Waals surface area contributed by atoms with Gasteiger partial charge in [-0.3, -0.25) is 0 Å². The van der Waals surface area contributed by atoms with Crippen molar-refractivity contribution in [1.82, 2.24) is 0 Å². The molecule has 0 aliphatic carbocycles. The number of benzene rings is 1. The molecule has 84 valence electrons. The molecule has 0 heterocycles. The highest BCUT2D eigenvalue weighted by Crippen LogP contribution is 2.23. The van der Waals surface area contributed by atoms with Gasteiger partial charge in [0.15, 0.2) is 5.17 Å². The number of thioether (sulfide) groups is 1. The first kappa shape index (κ1) is 14.8. The van der Waals surface area contributed by atoms with E-state index >= 15 is 0 Å². The number of nitrogens with two attached hydrogens (primary N) is 1. The second-order valence-corrected chi connectivity index (χ2v) is 4.20. The normalized spacial score (nSPS) is 11.1. The summed E-state index contributed by atoms with van der Waals surface area (Å²) in [6.07, 6.45) is 1.93. The first-order valence-corrected chi connectivity index (χ1v) is 5.73. The largest absolute Gasteiger partial charge is 0.378 e. The number of aryl methyl sites for hydroxylation is 3. The van der Waals surface area contributed by atoms with E-state index in [4.69, 9.17) is 5.73 Å². The van der Waals surface area contributed by atoms with Crippen LogP contribution in [0.3, 0.4) is 0 Å². The SMILES string of the molecule is CSC(N)=Nc1cc(C)c(C)cc1C.I. The number of amidine groups is 1. The third kappa shape index (κ3) is 4.03.